The predicted molar refractivity (Wildman–Crippen MR) is 112 cm³/mol. The van der Waals surface area contributed by atoms with E-state index in [2.05, 4.69) is 36.9 Å². The van der Waals surface area contributed by atoms with Gasteiger partial charge in [-0.2, -0.15) is 4.31 Å². The molecule has 27 heavy (non-hydrogen) atoms. The Morgan fingerprint density at radius 3 is 2.41 bits per heavy atom. The van der Waals surface area contributed by atoms with Crippen molar-refractivity contribution in [2.45, 2.75) is 4.90 Å². The van der Waals surface area contributed by atoms with Crippen LogP contribution in [0.4, 0.5) is 5.69 Å². The van der Waals surface area contributed by atoms with Gasteiger partial charge in [0.05, 0.1) is 32.9 Å². The first kappa shape index (κ1) is 20.8. The summed E-state index contributed by atoms with van der Waals surface area (Å²) in [5.41, 5.74) is 1.17. The number of hydrogen-bond acceptors (Lipinski definition) is 5. The summed E-state index contributed by atoms with van der Waals surface area (Å²) in [4.78, 5) is 4.36. The van der Waals surface area contributed by atoms with Crippen molar-refractivity contribution in [3.63, 3.8) is 0 Å². The van der Waals surface area contributed by atoms with Crippen LogP contribution in [0.3, 0.4) is 0 Å². The van der Waals surface area contributed by atoms with E-state index < -0.39 is 10.0 Å². The molecule has 3 rings (SSSR count). The Kier molecular flexibility index (Phi) is 6.60. The minimum Gasteiger partial charge on any atom is -0.506 e. The van der Waals surface area contributed by atoms with E-state index in [1.54, 1.807) is 24.4 Å². The standard InChI is InChI=1S/C17H15Br2ClN2O4S/c18-13-7-11(8-14(19)17(13)23)10-21-12-1-2-15(20)16(9-12)27(24,25)22-3-5-26-6-4-22/h1-2,7-10,23H,3-6H2. The Bertz CT molecular complexity index is 969. The quantitative estimate of drug-likeness (QED) is 0.588. The van der Waals surface area contributed by atoms with E-state index in [1.165, 1.54) is 16.4 Å². The summed E-state index contributed by atoms with van der Waals surface area (Å²) in [5, 5.41) is 9.91. The largest absolute Gasteiger partial charge is 0.506 e. The number of aliphatic imine (C=N–C) groups is 1. The molecule has 0 saturated carbocycles. The molecule has 0 unspecified atom stereocenters. The lowest BCUT2D eigenvalue weighted by molar-refractivity contribution is 0.0730. The van der Waals surface area contributed by atoms with Crippen LogP contribution in [0.5, 0.6) is 5.75 Å². The zero-order valence-electron chi connectivity index (χ0n) is 13.9. The molecule has 0 radical (unpaired) electrons. The van der Waals surface area contributed by atoms with E-state index >= 15 is 0 Å². The number of aromatic hydroxyl groups is 1. The normalized spacial score (nSPS) is 16.1. The maximum absolute atomic E-state index is 12.9. The number of morpholine rings is 1. The molecule has 0 spiro atoms. The number of sulfonamides is 1. The average Bonchev–Trinajstić information content (AvgIpc) is 2.66. The molecule has 0 bridgehead atoms. The lowest BCUT2D eigenvalue weighted by Crippen LogP contribution is -2.40. The summed E-state index contributed by atoms with van der Waals surface area (Å²) >= 11 is 12.7. The van der Waals surface area contributed by atoms with Crippen molar-refractivity contribution in [1.29, 1.82) is 0 Å². The molecule has 144 valence electrons. The van der Waals surface area contributed by atoms with Crippen LogP contribution in [0.25, 0.3) is 0 Å². The number of phenolic OH excluding ortho intramolecular Hbond substituents is 1. The molecule has 1 saturated heterocycles. The predicted octanol–water partition coefficient (Wildman–Crippen LogP) is 4.34. The second kappa shape index (κ2) is 8.59. The van der Waals surface area contributed by atoms with Gasteiger partial charge in [0, 0.05) is 19.3 Å². The summed E-state index contributed by atoms with van der Waals surface area (Å²) < 4.78 is 33.3. The van der Waals surface area contributed by atoms with Gasteiger partial charge in [0.2, 0.25) is 10.0 Å². The number of rotatable bonds is 4. The van der Waals surface area contributed by atoms with Gasteiger partial charge in [-0.25, -0.2) is 8.42 Å². The molecule has 1 fully saturated rings. The molecule has 0 aliphatic carbocycles. The third-order valence-corrected chi connectivity index (χ3v) is 7.49. The molecule has 2 aromatic carbocycles. The van der Waals surface area contributed by atoms with Crippen molar-refractivity contribution in [3.05, 3.63) is 49.9 Å². The van der Waals surface area contributed by atoms with Crippen molar-refractivity contribution in [2.75, 3.05) is 26.3 Å². The first-order valence-electron chi connectivity index (χ1n) is 7.88. The fourth-order valence-electron chi connectivity index (χ4n) is 2.50. The van der Waals surface area contributed by atoms with Crippen molar-refractivity contribution in [2.24, 2.45) is 4.99 Å². The molecule has 0 aromatic heterocycles. The Morgan fingerprint density at radius 2 is 1.78 bits per heavy atom. The van der Waals surface area contributed by atoms with Crippen molar-refractivity contribution >= 4 is 65.4 Å². The van der Waals surface area contributed by atoms with Crippen molar-refractivity contribution < 1.29 is 18.3 Å². The first-order valence-corrected chi connectivity index (χ1v) is 11.3. The van der Waals surface area contributed by atoms with Gasteiger partial charge in [-0.1, -0.05) is 11.6 Å². The highest BCUT2D eigenvalue weighted by atomic mass is 79.9. The topological polar surface area (TPSA) is 79.2 Å². The molecule has 0 atom stereocenters. The number of ether oxygens (including phenoxy) is 1. The van der Waals surface area contributed by atoms with Crippen molar-refractivity contribution in [1.82, 2.24) is 4.31 Å². The van der Waals surface area contributed by atoms with Gasteiger partial charge in [0.1, 0.15) is 10.6 Å². The van der Waals surface area contributed by atoms with Gasteiger partial charge in [-0.15, -0.1) is 0 Å². The van der Waals surface area contributed by atoms with Gasteiger partial charge >= 0.3 is 0 Å². The summed E-state index contributed by atoms with van der Waals surface area (Å²) in [5.74, 6) is 0.0949. The van der Waals surface area contributed by atoms with Crippen LogP contribution in [-0.4, -0.2) is 50.3 Å². The summed E-state index contributed by atoms with van der Waals surface area (Å²) in [6, 6.07) is 8.01. The van der Waals surface area contributed by atoms with Gasteiger partial charge in [0.25, 0.3) is 0 Å². The summed E-state index contributed by atoms with van der Waals surface area (Å²) in [7, 11) is -3.72. The molecule has 0 amide bonds. The molecule has 6 nitrogen and oxygen atoms in total. The molecule has 1 heterocycles. The van der Waals surface area contributed by atoms with Gasteiger partial charge < -0.3 is 9.84 Å². The lowest BCUT2D eigenvalue weighted by Gasteiger charge is -2.26. The average molecular weight is 539 g/mol. The lowest BCUT2D eigenvalue weighted by atomic mass is 10.2. The minimum absolute atomic E-state index is 0.0220. The first-order chi connectivity index (χ1) is 12.8. The van der Waals surface area contributed by atoms with E-state index in [0.29, 0.717) is 40.9 Å². The van der Waals surface area contributed by atoms with E-state index in [0.717, 1.165) is 5.56 Å². The smallest absolute Gasteiger partial charge is 0.244 e. The van der Waals surface area contributed by atoms with E-state index in [-0.39, 0.29) is 15.7 Å². The van der Waals surface area contributed by atoms with Crippen LogP contribution in [0, 0.1) is 0 Å². The number of benzene rings is 2. The molecular weight excluding hydrogens is 524 g/mol. The molecule has 1 aliphatic rings. The Morgan fingerprint density at radius 1 is 1.15 bits per heavy atom. The van der Waals surface area contributed by atoms with Crippen LogP contribution in [0.2, 0.25) is 5.02 Å². The molecule has 10 heteroatoms. The Hall–Kier alpha value is -0.970. The van der Waals surface area contributed by atoms with E-state index in [4.69, 9.17) is 16.3 Å². The second-order valence-electron chi connectivity index (χ2n) is 5.72. The SMILES string of the molecule is O=S(=O)(c1cc(N=Cc2cc(Br)c(O)c(Br)c2)ccc1Cl)N1CCOCC1. The number of nitrogens with zero attached hydrogens (tertiary/aromatic N) is 2. The van der Waals surface area contributed by atoms with E-state index in [1.807, 2.05) is 0 Å². The second-order valence-corrected chi connectivity index (χ2v) is 9.74. The van der Waals surface area contributed by atoms with Crippen LogP contribution in [0.15, 0.2) is 49.2 Å². The highest BCUT2D eigenvalue weighted by Gasteiger charge is 2.28. The van der Waals surface area contributed by atoms with Crippen LogP contribution in [0.1, 0.15) is 5.56 Å². The zero-order valence-corrected chi connectivity index (χ0v) is 18.6. The fourth-order valence-corrected chi connectivity index (χ4v) is 5.63. The van der Waals surface area contributed by atoms with Gasteiger partial charge in [0.15, 0.2) is 0 Å². The Labute approximate surface area is 179 Å². The number of hydrogen-bond donors (Lipinski definition) is 1. The highest BCUT2D eigenvalue weighted by molar-refractivity contribution is 9.11. The van der Waals surface area contributed by atoms with E-state index in [9.17, 15) is 13.5 Å². The third kappa shape index (κ3) is 4.72. The van der Waals surface area contributed by atoms with Crippen LogP contribution >= 0.6 is 43.5 Å². The fraction of sp³-hybridized carbons (Fsp3) is 0.235. The maximum Gasteiger partial charge on any atom is 0.244 e. The van der Waals surface area contributed by atoms with Crippen LogP contribution < -0.4 is 0 Å². The maximum atomic E-state index is 12.9. The molecular formula is C17H15Br2ClN2O4S. The van der Waals surface area contributed by atoms with Gasteiger partial charge in [-0.05, 0) is 67.8 Å². The van der Waals surface area contributed by atoms with Gasteiger partial charge in [-0.3, -0.25) is 4.99 Å². The molecule has 1 aliphatic heterocycles. The van der Waals surface area contributed by atoms with Crippen LogP contribution in [-0.2, 0) is 14.8 Å². The Balaban J connectivity index is 1.91. The highest BCUT2D eigenvalue weighted by Crippen LogP contribution is 2.33. The third-order valence-electron chi connectivity index (χ3n) is 3.90. The summed E-state index contributed by atoms with van der Waals surface area (Å²) in [6.07, 6.45) is 1.57. The molecule has 1 N–H and O–H groups in total. The monoisotopic (exact) mass is 536 g/mol. The number of halogens is 3. The summed E-state index contributed by atoms with van der Waals surface area (Å²) in [6.45, 7) is 1.31. The van der Waals surface area contributed by atoms with Crippen molar-refractivity contribution in [3.8, 4) is 5.75 Å². The minimum atomic E-state index is -3.72. The number of phenols is 1. The molecule has 2 aromatic rings. The zero-order chi connectivity index (χ0) is 19.6.